The van der Waals surface area contributed by atoms with E-state index in [4.69, 9.17) is 5.73 Å². The van der Waals surface area contributed by atoms with Gasteiger partial charge in [-0.05, 0) is 78.6 Å². The van der Waals surface area contributed by atoms with Gasteiger partial charge in [-0.1, -0.05) is 30.3 Å². The van der Waals surface area contributed by atoms with Crippen LogP contribution in [-0.4, -0.2) is 37.0 Å². The van der Waals surface area contributed by atoms with E-state index in [2.05, 4.69) is 28.4 Å². The minimum atomic E-state index is -0.376. The monoisotopic (exact) mass is 397 g/mol. The minimum absolute atomic E-state index is 0. The lowest BCUT2D eigenvalue weighted by Gasteiger charge is -2.55. The van der Waals surface area contributed by atoms with E-state index >= 15 is 0 Å². The molecule has 2 aliphatic heterocycles. The third-order valence-corrected chi connectivity index (χ3v) is 6.87. The Bertz CT molecular complexity index is 866. The summed E-state index contributed by atoms with van der Waals surface area (Å²) < 4.78 is 0. The Hall–Kier alpha value is -1.88. The van der Waals surface area contributed by atoms with E-state index in [1.165, 1.54) is 62.1 Å². The van der Waals surface area contributed by atoms with Gasteiger partial charge < -0.3 is 11.1 Å². The first-order chi connectivity index (χ1) is 13.1. The number of nitrogens with zero attached hydrogens (tertiary/aromatic N) is 1. The van der Waals surface area contributed by atoms with Crippen molar-refractivity contribution in [2.45, 2.75) is 31.7 Å². The first kappa shape index (κ1) is 19.4. The second-order valence-electron chi connectivity index (χ2n) is 8.56. The molecular weight excluding hydrogens is 370 g/mol. The minimum Gasteiger partial charge on any atom is -0.366 e. The van der Waals surface area contributed by atoms with E-state index in [-0.39, 0.29) is 18.3 Å². The molecule has 1 atom stereocenters. The van der Waals surface area contributed by atoms with Crippen LogP contribution in [0.5, 0.6) is 0 Å². The molecule has 0 unspecified atom stereocenters. The van der Waals surface area contributed by atoms with Crippen molar-refractivity contribution in [3.8, 4) is 11.1 Å². The predicted octanol–water partition coefficient (Wildman–Crippen LogP) is 3.55. The fourth-order valence-corrected chi connectivity index (χ4v) is 5.29. The average Bonchev–Trinajstić information content (AvgIpc) is 3.09. The van der Waals surface area contributed by atoms with Gasteiger partial charge in [0.15, 0.2) is 0 Å². The summed E-state index contributed by atoms with van der Waals surface area (Å²) in [5.41, 5.74) is 11.9. The number of aryl methyl sites for hydroxylation is 1. The number of likely N-dealkylation sites (tertiary alicyclic amines) is 1. The summed E-state index contributed by atoms with van der Waals surface area (Å²) >= 11 is 0. The molecule has 0 saturated carbocycles. The van der Waals surface area contributed by atoms with E-state index in [1.54, 1.807) is 0 Å². The van der Waals surface area contributed by atoms with Crippen LogP contribution in [0.4, 0.5) is 0 Å². The van der Waals surface area contributed by atoms with Crippen molar-refractivity contribution in [2.75, 3.05) is 26.2 Å². The van der Waals surface area contributed by atoms with Crippen molar-refractivity contribution < 1.29 is 4.79 Å². The second-order valence-corrected chi connectivity index (χ2v) is 8.56. The standard InChI is InChI=1S/C23H27N3O.ClH/c24-22(27)17-3-1-16(2-4-17)18-5-7-20-19(13-18)6-8-21(20)26-14-23(15-26)9-11-25-12-10-23;/h1-5,7,13,21,25H,6,8-12,14-15H2,(H2,24,27);1H/t21-;/m1./s1. The maximum atomic E-state index is 11.3. The van der Waals surface area contributed by atoms with Crippen LogP contribution in [0, 0.1) is 5.41 Å². The van der Waals surface area contributed by atoms with E-state index in [9.17, 15) is 4.79 Å². The maximum Gasteiger partial charge on any atom is 0.248 e. The number of carbonyl (C=O) groups is 1. The third kappa shape index (κ3) is 3.34. The number of fused-ring (bicyclic) bond motifs is 1. The van der Waals surface area contributed by atoms with E-state index in [0.29, 0.717) is 17.0 Å². The van der Waals surface area contributed by atoms with Gasteiger partial charge >= 0.3 is 0 Å². The molecule has 0 bridgehead atoms. The van der Waals surface area contributed by atoms with Gasteiger partial charge in [-0.25, -0.2) is 0 Å². The normalized spacial score (nSPS) is 22.9. The van der Waals surface area contributed by atoms with E-state index in [0.717, 1.165) is 12.0 Å². The molecule has 2 aromatic carbocycles. The molecule has 1 spiro atoms. The topological polar surface area (TPSA) is 58.4 Å². The molecule has 1 aliphatic carbocycles. The van der Waals surface area contributed by atoms with Gasteiger partial charge in [-0.2, -0.15) is 0 Å². The lowest BCUT2D eigenvalue weighted by molar-refractivity contribution is -0.0512. The second kappa shape index (κ2) is 7.51. The van der Waals surface area contributed by atoms with E-state index < -0.39 is 0 Å². The molecule has 4 nitrogen and oxygen atoms in total. The zero-order valence-electron chi connectivity index (χ0n) is 16.1. The molecule has 5 heteroatoms. The van der Waals surface area contributed by atoms with Gasteiger partial charge in [0.25, 0.3) is 0 Å². The summed E-state index contributed by atoms with van der Waals surface area (Å²) in [5, 5.41) is 3.50. The molecule has 5 rings (SSSR count). The highest BCUT2D eigenvalue weighted by Gasteiger charge is 2.46. The first-order valence-electron chi connectivity index (χ1n) is 10.1. The molecule has 2 fully saturated rings. The third-order valence-electron chi connectivity index (χ3n) is 6.87. The molecular formula is C23H28ClN3O. The van der Waals surface area contributed by atoms with Gasteiger partial charge in [0.1, 0.15) is 0 Å². The predicted molar refractivity (Wildman–Crippen MR) is 115 cm³/mol. The SMILES string of the molecule is Cl.NC(=O)c1ccc(-c2ccc3c(c2)CC[C@H]3N2CC3(CCNCC3)C2)cc1. The fourth-order valence-electron chi connectivity index (χ4n) is 5.29. The Morgan fingerprint density at radius 2 is 1.71 bits per heavy atom. The van der Waals surface area contributed by atoms with Crippen LogP contribution in [0.3, 0.4) is 0 Å². The number of nitrogens with two attached hydrogens (primary N) is 1. The average molecular weight is 398 g/mol. The number of halogens is 1. The maximum absolute atomic E-state index is 11.3. The molecule has 0 aromatic heterocycles. The highest BCUT2D eigenvalue weighted by molar-refractivity contribution is 5.93. The molecule has 3 aliphatic rings. The number of hydrogen-bond donors (Lipinski definition) is 2. The lowest BCUT2D eigenvalue weighted by atomic mass is 9.71. The van der Waals surface area contributed by atoms with Crippen LogP contribution >= 0.6 is 12.4 Å². The summed E-state index contributed by atoms with van der Waals surface area (Å²) in [6.45, 7) is 4.92. The summed E-state index contributed by atoms with van der Waals surface area (Å²) in [4.78, 5) is 14.0. The Morgan fingerprint density at radius 1 is 1.04 bits per heavy atom. The van der Waals surface area contributed by atoms with Crippen LogP contribution in [0.15, 0.2) is 42.5 Å². The molecule has 148 valence electrons. The van der Waals surface area contributed by atoms with Crippen LogP contribution < -0.4 is 11.1 Å². The quantitative estimate of drug-likeness (QED) is 0.832. The molecule has 2 heterocycles. The van der Waals surface area contributed by atoms with Crippen molar-refractivity contribution in [1.82, 2.24) is 10.2 Å². The number of amides is 1. The summed E-state index contributed by atoms with van der Waals surface area (Å²) in [6.07, 6.45) is 5.08. The first-order valence-corrected chi connectivity index (χ1v) is 10.1. The Kier molecular flexibility index (Phi) is 5.21. The van der Waals surface area contributed by atoms with Crippen LogP contribution in [0.2, 0.25) is 0 Å². The molecule has 0 radical (unpaired) electrons. The lowest BCUT2D eigenvalue weighted by Crippen LogP contribution is -2.60. The van der Waals surface area contributed by atoms with Crippen LogP contribution in [-0.2, 0) is 6.42 Å². The van der Waals surface area contributed by atoms with Gasteiger partial charge in [0.2, 0.25) is 5.91 Å². The number of benzene rings is 2. The summed E-state index contributed by atoms with van der Waals surface area (Å²) in [5.74, 6) is -0.376. The number of hydrogen-bond acceptors (Lipinski definition) is 3. The van der Waals surface area contributed by atoms with Crippen LogP contribution in [0.1, 0.15) is 46.8 Å². The molecule has 2 saturated heterocycles. The number of piperidine rings is 1. The van der Waals surface area contributed by atoms with Crippen molar-refractivity contribution in [3.05, 3.63) is 59.2 Å². The molecule has 1 amide bonds. The van der Waals surface area contributed by atoms with Crippen LogP contribution in [0.25, 0.3) is 11.1 Å². The van der Waals surface area contributed by atoms with Crippen molar-refractivity contribution in [3.63, 3.8) is 0 Å². The van der Waals surface area contributed by atoms with Crippen molar-refractivity contribution >= 4 is 18.3 Å². The zero-order valence-corrected chi connectivity index (χ0v) is 16.9. The smallest absolute Gasteiger partial charge is 0.248 e. The summed E-state index contributed by atoms with van der Waals surface area (Å²) in [7, 11) is 0. The van der Waals surface area contributed by atoms with Crippen molar-refractivity contribution in [1.29, 1.82) is 0 Å². The van der Waals surface area contributed by atoms with Gasteiger partial charge in [0, 0.05) is 24.7 Å². The number of nitrogens with one attached hydrogen (secondary N) is 1. The number of primary amides is 1. The Morgan fingerprint density at radius 3 is 2.39 bits per heavy atom. The fraction of sp³-hybridized carbons (Fsp3) is 0.435. The molecule has 28 heavy (non-hydrogen) atoms. The van der Waals surface area contributed by atoms with Gasteiger partial charge in [0.05, 0.1) is 0 Å². The number of rotatable bonds is 3. The summed E-state index contributed by atoms with van der Waals surface area (Å²) in [6, 6.07) is 15.1. The molecule has 2 aromatic rings. The molecule has 3 N–H and O–H groups in total. The van der Waals surface area contributed by atoms with Gasteiger partial charge in [-0.15, -0.1) is 12.4 Å². The zero-order chi connectivity index (χ0) is 18.4. The van der Waals surface area contributed by atoms with Gasteiger partial charge in [-0.3, -0.25) is 9.69 Å². The Balaban J connectivity index is 0.00000192. The number of carbonyl (C=O) groups excluding carboxylic acids is 1. The highest BCUT2D eigenvalue weighted by Crippen LogP contribution is 2.47. The largest absolute Gasteiger partial charge is 0.366 e. The van der Waals surface area contributed by atoms with Crippen molar-refractivity contribution in [2.24, 2.45) is 11.1 Å². The van der Waals surface area contributed by atoms with E-state index in [1.807, 2.05) is 24.3 Å². The Labute approximate surface area is 172 Å². The highest BCUT2D eigenvalue weighted by atomic mass is 35.5.